The quantitative estimate of drug-likeness (QED) is 0.866. The minimum absolute atomic E-state index is 0.484. The van der Waals surface area contributed by atoms with Crippen molar-refractivity contribution >= 4 is 23.2 Å². The summed E-state index contributed by atoms with van der Waals surface area (Å²) in [5, 5.41) is 1.13. The molecule has 112 valence electrons. The van der Waals surface area contributed by atoms with Crippen LogP contribution in [0.25, 0.3) is 0 Å². The summed E-state index contributed by atoms with van der Waals surface area (Å²) in [6.45, 7) is 5.17. The van der Waals surface area contributed by atoms with Crippen molar-refractivity contribution in [3.05, 3.63) is 62.6 Å². The predicted octanol–water partition coefficient (Wildman–Crippen LogP) is 4.69. The van der Waals surface area contributed by atoms with E-state index in [-0.39, 0.29) is 0 Å². The van der Waals surface area contributed by atoms with Crippen LogP contribution in [0, 0.1) is 13.8 Å². The number of nitrogens with two attached hydrogens (primary N) is 1. The molecule has 2 N–H and O–H groups in total. The molecule has 2 aromatic carbocycles. The Kier molecular flexibility index (Phi) is 5.51. The Balaban J connectivity index is 2.27. The van der Waals surface area contributed by atoms with Gasteiger partial charge in [0.1, 0.15) is 12.4 Å². The van der Waals surface area contributed by atoms with Gasteiger partial charge in [-0.15, -0.1) is 0 Å². The Bertz CT molecular complexity index is 621. The van der Waals surface area contributed by atoms with Crippen LogP contribution in [0.1, 0.15) is 22.3 Å². The van der Waals surface area contributed by atoms with E-state index < -0.39 is 0 Å². The zero-order valence-electron chi connectivity index (χ0n) is 12.2. The molecule has 0 amide bonds. The van der Waals surface area contributed by atoms with Gasteiger partial charge >= 0.3 is 0 Å². The highest BCUT2D eigenvalue weighted by molar-refractivity contribution is 6.35. The smallest absolute Gasteiger partial charge is 0.141 e. The second-order valence-electron chi connectivity index (χ2n) is 5.07. The SMILES string of the molecule is Cc1cccc(C)c1COc1c(Cl)cc(Cl)cc1CCN. The third-order valence-electron chi connectivity index (χ3n) is 3.50. The van der Waals surface area contributed by atoms with Crippen LogP contribution in [0.4, 0.5) is 0 Å². The molecule has 21 heavy (non-hydrogen) atoms. The average Bonchev–Trinajstić information content (AvgIpc) is 2.40. The van der Waals surface area contributed by atoms with Crippen LogP contribution in [0.3, 0.4) is 0 Å². The molecular weight excluding hydrogens is 305 g/mol. The van der Waals surface area contributed by atoms with E-state index in [9.17, 15) is 0 Å². The number of ether oxygens (including phenoxy) is 1. The number of halogens is 2. The second-order valence-corrected chi connectivity index (χ2v) is 5.92. The van der Waals surface area contributed by atoms with Crippen LogP contribution >= 0.6 is 23.2 Å². The average molecular weight is 324 g/mol. The molecule has 0 bridgehead atoms. The molecule has 0 saturated carbocycles. The third kappa shape index (κ3) is 3.91. The Morgan fingerprint density at radius 1 is 1.10 bits per heavy atom. The van der Waals surface area contributed by atoms with Crippen molar-refractivity contribution in [2.24, 2.45) is 5.73 Å². The first kappa shape index (κ1) is 16.2. The van der Waals surface area contributed by atoms with Gasteiger partial charge in [-0.25, -0.2) is 0 Å². The zero-order valence-corrected chi connectivity index (χ0v) is 13.8. The lowest BCUT2D eigenvalue weighted by Gasteiger charge is -2.16. The Morgan fingerprint density at radius 3 is 2.38 bits per heavy atom. The molecule has 0 radical (unpaired) electrons. The van der Waals surface area contributed by atoms with E-state index in [0.717, 1.165) is 5.56 Å². The Hall–Kier alpha value is -1.22. The van der Waals surface area contributed by atoms with E-state index in [1.807, 2.05) is 12.1 Å². The highest BCUT2D eigenvalue weighted by Crippen LogP contribution is 2.33. The van der Waals surface area contributed by atoms with E-state index in [0.29, 0.717) is 35.4 Å². The standard InChI is InChI=1S/C17H19Cl2NO/c1-11-4-3-5-12(2)15(11)10-21-17-13(6-7-20)8-14(18)9-16(17)19/h3-5,8-9H,6-7,10,20H2,1-2H3. The summed E-state index contributed by atoms with van der Waals surface area (Å²) in [5.74, 6) is 0.675. The number of rotatable bonds is 5. The fourth-order valence-electron chi connectivity index (χ4n) is 2.34. The lowest BCUT2D eigenvalue weighted by Crippen LogP contribution is -2.07. The highest BCUT2D eigenvalue weighted by atomic mass is 35.5. The number of benzene rings is 2. The van der Waals surface area contributed by atoms with Crippen molar-refractivity contribution in [1.29, 1.82) is 0 Å². The molecule has 0 saturated heterocycles. The van der Waals surface area contributed by atoms with Gasteiger partial charge in [0, 0.05) is 5.02 Å². The molecule has 0 aromatic heterocycles. The summed E-state index contributed by atoms with van der Waals surface area (Å²) in [6.07, 6.45) is 0.683. The molecule has 0 aliphatic heterocycles. The lowest BCUT2D eigenvalue weighted by molar-refractivity contribution is 0.301. The minimum atomic E-state index is 0.484. The second kappa shape index (κ2) is 7.17. The summed E-state index contributed by atoms with van der Waals surface area (Å²) >= 11 is 12.3. The third-order valence-corrected chi connectivity index (χ3v) is 4.00. The monoisotopic (exact) mass is 323 g/mol. The van der Waals surface area contributed by atoms with Gasteiger partial charge in [0.05, 0.1) is 5.02 Å². The van der Waals surface area contributed by atoms with Crippen molar-refractivity contribution in [1.82, 2.24) is 0 Å². The first-order chi connectivity index (χ1) is 10.0. The Morgan fingerprint density at radius 2 is 1.76 bits per heavy atom. The fraction of sp³-hybridized carbons (Fsp3) is 0.294. The van der Waals surface area contributed by atoms with Crippen molar-refractivity contribution in [3.63, 3.8) is 0 Å². The molecule has 0 aliphatic rings. The minimum Gasteiger partial charge on any atom is -0.487 e. The molecule has 0 fully saturated rings. The molecule has 2 aromatic rings. The topological polar surface area (TPSA) is 35.2 Å². The zero-order chi connectivity index (χ0) is 15.4. The largest absolute Gasteiger partial charge is 0.487 e. The van der Waals surface area contributed by atoms with Crippen molar-refractivity contribution < 1.29 is 4.74 Å². The van der Waals surface area contributed by atoms with Crippen molar-refractivity contribution in [2.45, 2.75) is 26.9 Å². The molecular formula is C17H19Cl2NO. The van der Waals surface area contributed by atoms with Crippen LogP contribution in [0.2, 0.25) is 10.0 Å². The fourth-order valence-corrected chi connectivity index (χ4v) is 2.93. The van der Waals surface area contributed by atoms with E-state index in [1.165, 1.54) is 16.7 Å². The predicted molar refractivity (Wildman–Crippen MR) is 89.5 cm³/mol. The molecule has 0 heterocycles. The number of aryl methyl sites for hydroxylation is 2. The van der Waals surface area contributed by atoms with Crippen molar-refractivity contribution in [2.75, 3.05) is 6.54 Å². The molecule has 0 unspecified atom stereocenters. The lowest BCUT2D eigenvalue weighted by atomic mass is 10.0. The first-order valence-electron chi connectivity index (χ1n) is 6.88. The highest BCUT2D eigenvalue weighted by Gasteiger charge is 2.12. The van der Waals surface area contributed by atoms with Gasteiger partial charge in [0.15, 0.2) is 0 Å². The van der Waals surface area contributed by atoms with Gasteiger partial charge in [-0.05, 0) is 61.2 Å². The summed E-state index contributed by atoms with van der Waals surface area (Å²) in [6, 6.07) is 9.76. The van der Waals surface area contributed by atoms with E-state index in [4.69, 9.17) is 33.7 Å². The van der Waals surface area contributed by atoms with Gasteiger partial charge in [0.25, 0.3) is 0 Å². The molecule has 2 rings (SSSR count). The van der Waals surface area contributed by atoms with Gasteiger partial charge < -0.3 is 10.5 Å². The number of hydrogen-bond donors (Lipinski definition) is 1. The molecule has 4 heteroatoms. The van der Waals surface area contributed by atoms with Crippen LogP contribution < -0.4 is 10.5 Å². The first-order valence-corrected chi connectivity index (χ1v) is 7.64. The van der Waals surface area contributed by atoms with E-state index in [1.54, 1.807) is 6.07 Å². The van der Waals surface area contributed by atoms with Crippen LogP contribution in [-0.4, -0.2) is 6.54 Å². The molecule has 0 spiro atoms. The summed E-state index contributed by atoms with van der Waals surface area (Å²) < 4.78 is 5.98. The molecule has 0 aliphatic carbocycles. The summed E-state index contributed by atoms with van der Waals surface area (Å²) in [4.78, 5) is 0. The Labute approximate surface area is 135 Å². The van der Waals surface area contributed by atoms with Gasteiger partial charge in [-0.1, -0.05) is 41.4 Å². The maximum Gasteiger partial charge on any atom is 0.141 e. The maximum atomic E-state index is 6.27. The van der Waals surface area contributed by atoms with Gasteiger partial charge in [-0.3, -0.25) is 0 Å². The summed E-state index contributed by atoms with van der Waals surface area (Å²) in [5.41, 5.74) is 10.2. The van der Waals surface area contributed by atoms with Crippen LogP contribution in [0.5, 0.6) is 5.75 Å². The normalized spacial score (nSPS) is 10.7. The molecule has 0 atom stereocenters. The van der Waals surface area contributed by atoms with Crippen LogP contribution in [0.15, 0.2) is 30.3 Å². The maximum absolute atomic E-state index is 6.27. The summed E-state index contributed by atoms with van der Waals surface area (Å²) in [7, 11) is 0. The van der Waals surface area contributed by atoms with Gasteiger partial charge in [-0.2, -0.15) is 0 Å². The van der Waals surface area contributed by atoms with Crippen LogP contribution in [-0.2, 0) is 13.0 Å². The number of hydrogen-bond acceptors (Lipinski definition) is 2. The molecule has 2 nitrogen and oxygen atoms in total. The van der Waals surface area contributed by atoms with Gasteiger partial charge in [0.2, 0.25) is 0 Å². The van der Waals surface area contributed by atoms with Crippen molar-refractivity contribution in [3.8, 4) is 5.75 Å². The van der Waals surface area contributed by atoms with E-state index in [2.05, 4.69) is 26.0 Å². The van der Waals surface area contributed by atoms with E-state index >= 15 is 0 Å².